The van der Waals surface area contributed by atoms with E-state index in [2.05, 4.69) is 21.2 Å². The van der Waals surface area contributed by atoms with Crippen molar-refractivity contribution in [2.45, 2.75) is 27.8 Å². The fraction of sp³-hybridized carbons (Fsp3) is 0.526. The first-order valence-corrected chi connectivity index (χ1v) is 12.9. The van der Waals surface area contributed by atoms with E-state index in [4.69, 9.17) is 4.74 Å². The topological polar surface area (TPSA) is 92.7 Å². The van der Waals surface area contributed by atoms with Crippen LogP contribution in [0.15, 0.2) is 22.7 Å². The molecular formula is C19H16BrNO5SSe. The molecule has 9 atom stereocenters. The minimum atomic E-state index is -0.900. The summed E-state index contributed by atoms with van der Waals surface area (Å²) in [5.74, 6) is -1.76. The predicted octanol–water partition coefficient (Wildman–Crippen LogP) is 2.69. The summed E-state index contributed by atoms with van der Waals surface area (Å²) < 4.78 is 6.71. The molecule has 2 aliphatic carbocycles. The molecule has 0 aromatic heterocycles. The quantitative estimate of drug-likeness (QED) is 0.331. The molecule has 6 rings (SSSR count). The van der Waals surface area contributed by atoms with Gasteiger partial charge in [0, 0.05) is 0 Å². The third-order valence-corrected chi connectivity index (χ3v) is 12.1. The normalized spacial score (nSPS) is 44.8. The molecule has 9 heteroatoms. The van der Waals surface area contributed by atoms with Gasteiger partial charge in [-0.15, -0.1) is 0 Å². The number of carboxylic acids is 1. The predicted molar refractivity (Wildman–Crippen MR) is 105 cm³/mol. The van der Waals surface area contributed by atoms with Gasteiger partial charge in [-0.1, -0.05) is 0 Å². The standard InChI is InChI=1S/C19H16BrNO5SSe/c20-5-1-2-9-6(3-5)11-10-7-4-8(12(17(22)23)13(7)18(24)26-9)14(10)27-16-15(11)28-19(25)21-16/h1-3,7-8,10-16H,4H2,(H,21,25)(H,22,23). The number of thioether (sulfide) groups is 1. The molecule has 1 aromatic rings. The zero-order valence-corrected chi connectivity index (χ0v) is 18.5. The Morgan fingerprint density at radius 2 is 2.11 bits per heavy atom. The summed E-state index contributed by atoms with van der Waals surface area (Å²) in [5.41, 5.74) is 0.990. The number of rotatable bonds is 1. The van der Waals surface area contributed by atoms with Crippen LogP contribution in [0.3, 0.4) is 0 Å². The van der Waals surface area contributed by atoms with Gasteiger partial charge in [0.25, 0.3) is 0 Å². The van der Waals surface area contributed by atoms with Crippen molar-refractivity contribution in [1.29, 1.82) is 0 Å². The van der Waals surface area contributed by atoms with Crippen molar-refractivity contribution < 1.29 is 24.2 Å². The van der Waals surface area contributed by atoms with Crippen LogP contribution in [0, 0.1) is 29.6 Å². The number of hydrogen-bond acceptors (Lipinski definition) is 5. The van der Waals surface area contributed by atoms with Crippen molar-refractivity contribution in [3.05, 3.63) is 28.2 Å². The first-order chi connectivity index (χ1) is 13.4. The minimum absolute atomic E-state index is 0.0145. The molecule has 5 aliphatic rings. The maximum absolute atomic E-state index is 13.0. The Labute approximate surface area is 179 Å². The summed E-state index contributed by atoms with van der Waals surface area (Å²) in [6.07, 6.45) is 0.763. The van der Waals surface area contributed by atoms with Crippen LogP contribution in [0.4, 0.5) is 4.79 Å². The number of carbonyl (C=O) groups is 3. The summed E-state index contributed by atoms with van der Waals surface area (Å²) in [6.45, 7) is 0. The number of ether oxygens (including phenoxy) is 1. The zero-order valence-electron chi connectivity index (χ0n) is 14.4. The van der Waals surface area contributed by atoms with E-state index < -0.39 is 23.8 Å². The number of benzene rings is 1. The van der Waals surface area contributed by atoms with Gasteiger partial charge < -0.3 is 0 Å². The van der Waals surface area contributed by atoms with Gasteiger partial charge in [-0.3, -0.25) is 0 Å². The van der Waals surface area contributed by atoms with Crippen LogP contribution >= 0.6 is 27.7 Å². The van der Waals surface area contributed by atoms with Gasteiger partial charge in [0.2, 0.25) is 0 Å². The van der Waals surface area contributed by atoms with Crippen molar-refractivity contribution in [2.24, 2.45) is 29.6 Å². The van der Waals surface area contributed by atoms with Crippen LogP contribution < -0.4 is 10.1 Å². The molecule has 2 saturated heterocycles. The SMILES string of the molecule is O=C1NC2SC3C4CC5C(C(=O)Oc6ccc(Br)cc6C(C2[Se]1)C53)C4C(=O)O. The third kappa shape index (κ3) is 2.25. The number of aliphatic carboxylic acids is 1. The molecule has 2 N–H and O–H groups in total. The molecule has 0 spiro atoms. The van der Waals surface area contributed by atoms with Crippen LogP contribution in [0.25, 0.3) is 0 Å². The molecule has 0 radical (unpaired) electrons. The van der Waals surface area contributed by atoms with E-state index in [1.54, 1.807) is 17.8 Å². The van der Waals surface area contributed by atoms with Crippen molar-refractivity contribution >= 4 is 59.4 Å². The number of amides is 1. The molecule has 9 unspecified atom stereocenters. The summed E-state index contributed by atoms with van der Waals surface area (Å²) in [7, 11) is 0. The molecule has 6 nitrogen and oxygen atoms in total. The van der Waals surface area contributed by atoms with Gasteiger partial charge >= 0.3 is 180 Å². The third-order valence-electron chi connectivity index (χ3n) is 7.12. The molecule has 1 aromatic carbocycles. The van der Waals surface area contributed by atoms with Crippen molar-refractivity contribution in [1.82, 2.24) is 5.32 Å². The van der Waals surface area contributed by atoms with E-state index in [-0.39, 0.29) is 58.9 Å². The average molecular weight is 529 g/mol. The summed E-state index contributed by atoms with van der Waals surface area (Å²) >= 11 is 5.12. The molecule has 28 heavy (non-hydrogen) atoms. The van der Waals surface area contributed by atoms with Crippen LogP contribution in [0.5, 0.6) is 5.75 Å². The van der Waals surface area contributed by atoms with Gasteiger partial charge in [-0.05, 0) is 0 Å². The van der Waals surface area contributed by atoms with E-state index in [0.29, 0.717) is 5.75 Å². The monoisotopic (exact) mass is 529 g/mol. The summed E-state index contributed by atoms with van der Waals surface area (Å²) in [4.78, 5) is 37.6. The summed E-state index contributed by atoms with van der Waals surface area (Å²) in [6, 6.07) is 5.66. The van der Waals surface area contributed by atoms with Gasteiger partial charge in [-0.25, -0.2) is 0 Å². The van der Waals surface area contributed by atoms with Gasteiger partial charge in [0.1, 0.15) is 0 Å². The Balaban J connectivity index is 1.57. The second kappa shape index (κ2) is 6.00. The van der Waals surface area contributed by atoms with Gasteiger partial charge in [0.15, 0.2) is 0 Å². The maximum atomic E-state index is 13.0. The molecule has 3 heterocycles. The first kappa shape index (κ1) is 17.8. The zero-order chi connectivity index (χ0) is 19.3. The number of halogens is 1. The average Bonchev–Trinajstić information content (AvgIpc) is 3.30. The molecule has 146 valence electrons. The molecule has 3 aliphatic heterocycles. The van der Waals surface area contributed by atoms with Gasteiger partial charge in [0.05, 0.1) is 0 Å². The second-order valence-electron chi connectivity index (χ2n) is 8.20. The fourth-order valence-corrected chi connectivity index (χ4v) is 11.8. The number of carboxylic acid groups (broad SMARTS) is 1. The molecule has 2 saturated carbocycles. The van der Waals surface area contributed by atoms with Crippen LogP contribution in [0.2, 0.25) is 4.82 Å². The Morgan fingerprint density at radius 1 is 1.29 bits per heavy atom. The van der Waals surface area contributed by atoms with Crippen molar-refractivity contribution in [3.63, 3.8) is 0 Å². The molecule has 2 bridgehead atoms. The van der Waals surface area contributed by atoms with E-state index in [0.717, 1.165) is 16.5 Å². The van der Waals surface area contributed by atoms with Crippen molar-refractivity contribution in [2.75, 3.05) is 0 Å². The van der Waals surface area contributed by atoms with Crippen LogP contribution in [-0.4, -0.2) is 47.4 Å². The van der Waals surface area contributed by atoms with Crippen molar-refractivity contribution in [3.8, 4) is 5.75 Å². The van der Waals surface area contributed by atoms with Crippen LogP contribution in [0.1, 0.15) is 17.9 Å². The number of esters is 1. The Morgan fingerprint density at radius 3 is 2.89 bits per heavy atom. The van der Waals surface area contributed by atoms with Gasteiger partial charge in [-0.2, -0.15) is 0 Å². The van der Waals surface area contributed by atoms with E-state index in [9.17, 15) is 19.5 Å². The first-order valence-electron chi connectivity index (χ1n) is 9.30. The number of nitrogens with one attached hydrogen (secondary N) is 1. The fourth-order valence-electron chi connectivity index (χ4n) is 6.34. The molecule has 4 fully saturated rings. The molecule has 1 amide bonds. The molecular weight excluding hydrogens is 513 g/mol. The van der Waals surface area contributed by atoms with E-state index in [1.807, 2.05) is 12.1 Å². The Bertz CT molecular complexity index is 943. The summed E-state index contributed by atoms with van der Waals surface area (Å²) in [5, 5.41) is 13.2. The Hall–Kier alpha value is -1.02. The second-order valence-corrected chi connectivity index (χ2v) is 12.8. The number of fused-ring (bicyclic) bond motifs is 6. The number of hydrogen-bond donors (Lipinski definition) is 2. The van der Waals surface area contributed by atoms with E-state index in [1.165, 1.54) is 0 Å². The Kier molecular flexibility index (Phi) is 3.82. The van der Waals surface area contributed by atoms with E-state index >= 15 is 0 Å². The van der Waals surface area contributed by atoms with Crippen LogP contribution in [-0.2, 0) is 9.59 Å². The number of carbonyl (C=O) groups excluding carboxylic acids is 2.